The van der Waals surface area contributed by atoms with E-state index in [-0.39, 0.29) is 12.1 Å². The quantitative estimate of drug-likeness (QED) is 0.610. The molecule has 8 nitrogen and oxygen atoms in total. The van der Waals surface area contributed by atoms with Crippen LogP contribution in [0.4, 0.5) is 14.9 Å². The maximum atomic E-state index is 14.6. The van der Waals surface area contributed by atoms with Gasteiger partial charge in [-0.25, -0.2) is 14.0 Å². The SMILES string of the molecule is CCN(CC)c1ccc(-n2c(=O)n(CC)c3c(CC(=O)N(C)C(N)=O)cc(F)cc32)cc1. The van der Waals surface area contributed by atoms with E-state index in [1.54, 1.807) is 6.92 Å². The standard InChI is InChI=1S/C23H28FN5O3/c1-5-27(6-2)17-8-10-18(11-9-17)29-19-14-16(24)12-15(13-20(30)26(4)22(25)31)21(19)28(7-3)23(29)32/h8-12,14H,5-7,13H2,1-4H3,(H2,25,31). The molecule has 0 bridgehead atoms. The highest BCUT2D eigenvalue weighted by atomic mass is 19.1. The topological polar surface area (TPSA) is 93.6 Å². The van der Waals surface area contributed by atoms with E-state index in [0.717, 1.165) is 23.7 Å². The predicted octanol–water partition coefficient (Wildman–Crippen LogP) is 2.88. The van der Waals surface area contributed by atoms with Crippen LogP contribution in [0.5, 0.6) is 0 Å². The molecule has 0 saturated heterocycles. The highest BCUT2D eigenvalue weighted by Gasteiger charge is 2.22. The molecular formula is C23H28FN5O3. The zero-order valence-corrected chi connectivity index (χ0v) is 18.8. The van der Waals surface area contributed by atoms with Gasteiger partial charge in [-0.3, -0.25) is 18.8 Å². The number of carbonyl (C=O) groups is 2. The maximum absolute atomic E-state index is 14.6. The number of anilines is 1. The zero-order chi connectivity index (χ0) is 23.6. The molecule has 0 spiro atoms. The fraction of sp³-hybridized carbons (Fsp3) is 0.348. The van der Waals surface area contributed by atoms with Crippen LogP contribution in [-0.4, -0.2) is 46.1 Å². The van der Waals surface area contributed by atoms with Gasteiger partial charge in [0.2, 0.25) is 5.91 Å². The second-order valence-corrected chi connectivity index (χ2v) is 7.45. The van der Waals surface area contributed by atoms with Crippen molar-refractivity contribution < 1.29 is 14.0 Å². The van der Waals surface area contributed by atoms with E-state index in [4.69, 9.17) is 5.73 Å². The number of nitrogens with two attached hydrogens (primary N) is 1. The largest absolute Gasteiger partial charge is 0.372 e. The number of carbonyl (C=O) groups excluding carboxylic acids is 2. The van der Waals surface area contributed by atoms with E-state index < -0.39 is 17.8 Å². The van der Waals surface area contributed by atoms with Gasteiger partial charge in [-0.2, -0.15) is 0 Å². The van der Waals surface area contributed by atoms with Gasteiger partial charge in [-0.05, 0) is 56.7 Å². The summed E-state index contributed by atoms with van der Waals surface area (Å²) in [5.41, 5.74) is 7.60. The summed E-state index contributed by atoms with van der Waals surface area (Å²) in [6.45, 7) is 7.98. The Morgan fingerprint density at radius 1 is 1.06 bits per heavy atom. The van der Waals surface area contributed by atoms with Gasteiger partial charge in [0.1, 0.15) is 5.82 Å². The number of aryl methyl sites for hydroxylation is 1. The Morgan fingerprint density at radius 3 is 2.22 bits per heavy atom. The van der Waals surface area contributed by atoms with Gasteiger partial charge >= 0.3 is 11.7 Å². The van der Waals surface area contributed by atoms with Gasteiger partial charge < -0.3 is 10.6 Å². The first kappa shape index (κ1) is 23.1. The van der Waals surface area contributed by atoms with E-state index in [9.17, 15) is 18.8 Å². The van der Waals surface area contributed by atoms with Crippen molar-refractivity contribution in [2.24, 2.45) is 5.73 Å². The minimum atomic E-state index is -0.901. The van der Waals surface area contributed by atoms with E-state index in [0.29, 0.717) is 28.8 Å². The number of halogens is 1. The molecule has 170 valence electrons. The number of nitrogens with zero attached hydrogens (tertiary/aromatic N) is 4. The third-order valence-electron chi connectivity index (χ3n) is 5.67. The molecular weight excluding hydrogens is 413 g/mol. The minimum absolute atomic E-state index is 0.266. The number of imidazole rings is 1. The third kappa shape index (κ3) is 4.10. The molecule has 0 atom stereocenters. The lowest BCUT2D eigenvalue weighted by Crippen LogP contribution is -2.38. The Morgan fingerprint density at radius 2 is 1.69 bits per heavy atom. The molecule has 3 aromatic rings. The Labute approximate surface area is 185 Å². The summed E-state index contributed by atoms with van der Waals surface area (Å²) in [7, 11) is 1.26. The van der Waals surface area contributed by atoms with Crippen molar-refractivity contribution in [2.45, 2.75) is 33.7 Å². The van der Waals surface area contributed by atoms with Crippen LogP contribution in [0, 0.1) is 5.82 Å². The third-order valence-corrected chi connectivity index (χ3v) is 5.67. The molecule has 0 aliphatic heterocycles. The number of hydrogen-bond acceptors (Lipinski definition) is 4. The normalized spacial score (nSPS) is 11.0. The zero-order valence-electron chi connectivity index (χ0n) is 18.8. The first-order chi connectivity index (χ1) is 15.2. The second kappa shape index (κ2) is 9.25. The van der Waals surface area contributed by atoms with E-state index in [1.165, 1.54) is 28.3 Å². The molecule has 2 aromatic carbocycles. The van der Waals surface area contributed by atoms with Gasteiger partial charge in [0.15, 0.2) is 0 Å². The average Bonchev–Trinajstić information content (AvgIpc) is 3.05. The molecule has 9 heteroatoms. The monoisotopic (exact) mass is 441 g/mol. The molecule has 1 aromatic heterocycles. The average molecular weight is 442 g/mol. The molecule has 2 N–H and O–H groups in total. The lowest BCUT2D eigenvalue weighted by Gasteiger charge is -2.21. The predicted molar refractivity (Wildman–Crippen MR) is 123 cm³/mol. The first-order valence-corrected chi connectivity index (χ1v) is 10.6. The smallest absolute Gasteiger partial charge is 0.333 e. The fourth-order valence-corrected chi connectivity index (χ4v) is 3.92. The fourth-order valence-electron chi connectivity index (χ4n) is 3.92. The lowest BCUT2D eigenvalue weighted by molar-refractivity contribution is -0.126. The number of likely N-dealkylation sites (N-methyl/N-ethyl adjacent to an activating group) is 1. The highest BCUT2D eigenvalue weighted by molar-refractivity contribution is 5.96. The van der Waals surface area contributed by atoms with Gasteiger partial charge in [0.05, 0.1) is 23.1 Å². The van der Waals surface area contributed by atoms with Crippen molar-refractivity contribution in [3.05, 3.63) is 58.3 Å². The van der Waals surface area contributed by atoms with Crippen LogP contribution >= 0.6 is 0 Å². The Balaban J connectivity index is 2.18. The van der Waals surface area contributed by atoms with Crippen LogP contribution in [0.2, 0.25) is 0 Å². The summed E-state index contributed by atoms with van der Waals surface area (Å²) >= 11 is 0. The molecule has 0 fully saturated rings. The second-order valence-electron chi connectivity index (χ2n) is 7.45. The minimum Gasteiger partial charge on any atom is -0.372 e. The summed E-state index contributed by atoms with van der Waals surface area (Å²) in [5.74, 6) is -1.17. The molecule has 1 heterocycles. The van der Waals surface area contributed by atoms with Gasteiger partial charge in [-0.1, -0.05) is 0 Å². The van der Waals surface area contributed by atoms with Crippen LogP contribution < -0.4 is 16.3 Å². The lowest BCUT2D eigenvalue weighted by atomic mass is 10.1. The van der Waals surface area contributed by atoms with Crippen molar-refractivity contribution in [3.63, 3.8) is 0 Å². The van der Waals surface area contributed by atoms with Crippen LogP contribution in [0.15, 0.2) is 41.2 Å². The summed E-state index contributed by atoms with van der Waals surface area (Å²) < 4.78 is 17.5. The van der Waals surface area contributed by atoms with Gasteiger partial charge in [-0.15, -0.1) is 0 Å². The number of imide groups is 1. The van der Waals surface area contributed by atoms with Crippen LogP contribution in [0.3, 0.4) is 0 Å². The van der Waals surface area contributed by atoms with Gasteiger partial charge in [0.25, 0.3) is 0 Å². The van der Waals surface area contributed by atoms with E-state index in [1.807, 2.05) is 24.3 Å². The number of urea groups is 1. The Bertz CT molecular complexity index is 1210. The number of rotatable bonds is 7. The number of hydrogen-bond donors (Lipinski definition) is 1. The highest BCUT2D eigenvalue weighted by Crippen LogP contribution is 2.25. The molecule has 0 aliphatic rings. The van der Waals surface area contributed by atoms with Crippen LogP contribution in [-0.2, 0) is 17.8 Å². The molecule has 0 aliphatic carbocycles. The van der Waals surface area contributed by atoms with Crippen molar-refractivity contribution in [1.29, 1.82) is 0 Å². The van der Waals surface area contributed by atoms with Gasteiger partial charge in [0, 0.05) is 38.4 Å². The molecule has 3 rings (SSSR count). The van der Waals surface area contributed by atoms with Crippen LogP contribution in [0.1, 0.15) is 26.3 Å². The number of aromatic nitrogens is 2. The molecule has 0 radical (unpaired) electrons. The summed E-state index contributed by atoms with van der Waals surface area (Å²) in [6.07, 6.45) is -0.266. The number of amides is 3. The Hall–Kier alpha value is -3.62. The Kier molecular flexibility index (Phi) is 6.67. The molecule has 32 heavy (non-hydrogen) atoms. The van der Waals surface area contributed by atoms with Crippen molar-refractivity contribution in [2.75, 3.05) is 25.0 Å². The van der Waals surface area contributed by atoms with E-state index >= 15 is 0 Å². The van der Waals surface area contributed by atoms with Crippen molar-refractivity contribution >= 4 is 28.7 Å². The van der Waals surface area contributed by atoms with Crippen molar-refractivity contribution in [3.8, 4) is 5.69 Å². The van der Waals surface area contributed by atoms with Crippen molar-refractivity contribution in [1.82, 2.24) is 14.0 Å². The summed E-state index contributed by atoms with van der Waals surface area (Å²) in [4.78, 5) is 40.0. The molecule has 0 saturated carbocycles. The summed E-state index contributed by atoms with van der Waals surface area (Å²) in [5, 5.41) is 0. The number of fused-ring (bicyclic) bond motifs is 1. The van der Waals surface area contributed by atoms with Crippen LogP contribution in [0.25, 0.3) is 16.7 Å². The maximum Gasteiger partial charge on any atom is 0.333 e. The molecule has 0 unspecified atom stereocenters. The van der Waals surface area contributed by atoms with E-state index in [2.05, 4.69) is 18.7 Å². The first-order valence-electron chi connectivity index (χ1n) is 10.6. The number of benzene rings is 2. The summed E-state index contributed by atoms with van der Waals surface area (Å²) in [6, 6.07) is 9.10. The number of primary amides is 1. The molecule has 3 amide bonds.